The van der Waals surface area contributed by atoms with Crippen LogP contribution in [0.2, 0.25) is 0 Å². The number of rotatable bonds is 4. The second-order valence-electron chi connectivity index (χ2n) is 2.83. The van der Waals surface area contributed by atoms with Crippen LogP contribution in [0.4, 0.5) is 0 Å². The zero-order valence-electron chi connectivity index (χ0n) is 7.35. The quantitative estimate of drug-likeness (QED) is 0.503. The van der Waals surface area contributed by atoms with Gasteiger partial charge >= 0.3 is 0 Å². The highest BCUT2D eigenvalue weighted by molar-refractivity contribution is 5.59. The maximum Gasteiger partial charge on any atom is 0.0224 e. The molecular formula is C10H14N2. The largest absolute Gasteiger partial charge is 0.364 e. The molecule has 0 unspecified atom stereocenters. The maximum absolute atomic E-state index is 7.04. The van der Waals surface area contributed by atoms with Crippen LogP contribution in [-0.4, -0.2) is 11.2 Å². The van der Waals surface area contributed by atoms with Gasteiger partial charge in [-0.3, -0.25) is 0 Å². The van der Waals surface area contributed by atoms with E-state index in [9.17, 15) is 0 Å². The van der Waals surface area contributed by atoms with Gasteiger partial charge in [-0.15, -0.1) is 6.58 Å². The maximum atomic E-state index is 7.04. The molecule has 1 rings (SSSR count). The van der Waals surface area contributed by atoms with Crippen molar-refractivity contribution in [2.45, 2.75) is 19.8 Å². The molecule has 0 aliphatic rings. The Kier molecular flexibility index (Phi) is 2.86. The van der Waals surface area contributed by atoms with E-state index in [4.69, 9.17) is 5.41 Å². The van der Waals surface area contributed by atoms with Gasteiger partial charge in [0.15, 0.2) is 0 Å². The lowest BCUT2D eigenvalue weighted by Crippen LogP contribution is -1.92. The molecule has 0 aromatic carbocycles. The van der Waals surface area contributed by atoms with Gasteiger partial charge in [0.2, 0.25) is 0 Å². The summed E-state index contributed by atoms with van der Waals surface area (Å²) in [6.07, 6.45) is 6.87. The summed E-state index contributed by atoms with van der Waals surface area (Å²) in [5, 5.41) is 7.04. The van der Waals surface area contributed by atoms with Crippen LogP contribution in [0.3, 0.4) is 0 Å². The van der Waals surface area contributed by atoms with Crippen molar-refractivity contribution in [1.82, 2.24) is 4.98 Å². The lowest BCUT2D eigenvalue weighted by Gasteiger charge is -1.98. The fourth-order valence-corrected chi connectivity index (χ4v) is 1.32. The molecule has 1 heterocycles. The van der Waals surface area contributed by atoms with E-state index >= 15 is 0 Å². The third-order valence-corrected chi connectivity index (χ3v) is 1.96. The van der Waals surface area contributed by atoms with Crippen molar-refractivity contribution in [3.63, 3.8) is 0 Å². The van der Waals surface area contributed by atoms with Crippen molar-refractivity contribution in [3.8, 4) is 0 Å². The Bertz CT molecular complexity index is 284. The first-order valence-corrected chi connectivity index (χ1v) is 4.05. The third kappa shape index (κ3) is 1.64. The number of nitrogens with one attached hydrogen (secondary N) is 2. The minimum Gasteiger partial charge on any atom is -0.364 e. The van der Waals surface area contributed by atoms with Crippen LogP contribution in [0, 0.1) is 12.3 Å². The molecule has 0 spiro atoms. The van der Waals surface area contributed by atoms with Crippen molar-refractivity contribution in [2.24, 2.45) is 0 Å². The van der Waals surface area contributed by atoms with Gasteiger partial charge in [-0.2, -0.15) is 0 Å². The number of aryl methyl sites for hydroxylation is 1. The molecule has 1 aromatic heterocycles. The first-order chi connectivity index (χ1) is 5.79. The van der Waals surface area contributed by atoms with Gasteiger partial charge in [-0.1, -0.05) is 6.08 Å². The smallest absolute Gasteiger partial charge is 0.0224 e. The molecule has 12 heavy (non-hydrogen) atoms. The van der Waals surface area contributed by atoms with Crippen molar-refractivity contribution >= 4 is 6.21 Å². The predicted molar refractivity (Wildman–Crippen MR) is 51.9 cm³/mol. The Morgan fingerprint density at radius 3 is 2.92 bits per heavy atom. The topological polar surface area (TPSA) is 39.6 Å². The molecule has 0 saturated heterocycles. The third-order valence-electron chi connectivity index (χ3n) is 1.96. The molecule has 1 aromatic rings. The van der Waals surface area contributed by atoms with Crippen molar-refractivity contribution in [3.05, 3.63) is 35.7 Å². The summed E-state index contributed by atoms with van der Waals surface area (Å²) in [5.41, 5.74) is 3.66. The Hall–Kier alpha value is -1.31. The van der Waals surface area contributed by atoms with Gasteiger partial charge < -0.3 is 10.4 Å². The van der Waals surface area contributed by atoms with Crippen LogP contribution in [0.5, 0.6) is 0 Å². The minimum atomic E-state index is 0.721. The molecule has 0 amide bonds. The van der Waals surface area contributed by atoms with E-state index in [2.05, 4.69) is 18.5 Å². The Morgan fingerprint density at radius 1 is 1.58 bits per heavy atom. The molecule has 0 aliphatic heterocycles. The molecule has 2 N–H and O–H groups in total. The molecule has 2 heteroatoms. The van der Waals surface area contributed by atoms with Gasteiger partial charge in [0, 0.05) is 24.7 Å². The Labute approximate surface area is 72.8 Å². The fraction of sp³-hybridized carbons (Fsp3) is 0.300. The number of aromatic amines is 1. The van der Waals surface area contributed by atoms with E-state index < -0.39 is 0 Å². The van der Waals surface area contributed by atoms with E-state index in [0.717, 1.165) is 12.8 Å². The molecule has 0 bridgehead atoms. The summed E-state index contributed by atoms with van der Waals surface area (Å²) in [6.45, 7) is 5.75. The molecule has 0 aliphatic carbocycles. The lowest BCUT2D eigenvalue weighted by molar-refractivity contribution is 1.11. The number of aromatic nitrogens is 1. The average Bonchev–Trinajstić information content (AvgIpc) is 2.37. The molecule has 64 valence electrons. The van der Waals surface area contributed by atoms with E-state index in [1.807, 2.05) is 12.3 Å². The SMILES string of the molecule is C=CCc1[nH]cc(C)c1CC=N. The number of H-pyrrole nitrogens is 1. The fourth-order valence-electron chi connectivity index (χ4n) is 1.32. The van der Waals surface area contributed by atoms with Crippen molar-refractivity contribution in [2.75, 3.05) is 0 Å². The molecular weight excluding hydrogens is 148 g/mol. The number of hydrogen-bond donors (Lipinski definition) is 2. The first kappa shape index (κ1) is 8.78. The highest BCUT2D eigenvalue weighted by Gasteiger charge is 2.04. The zero-order chi connectivity index (χ0) is 8.97. The van der Waals surface area contributed by atoms with Crippen LogP contribution in [0.25, 0.3) is 0 Å². The van der Waals surface area contributed by atoms with E-state index in [1.165, 1.54) is 23.0 Å². The molecule has 0 atom stereocenters. The average molecular weight is 162 g/mol. The molecule has 2 nitrogen and oxygen atoms in total. The standard InChI is InChI=1S/C10H14N2/c1-3-4-10-9(5-6-11)8(2)7-12-10/h3,6-7,11-12H,1,4-5H2,2H3. The minimum absolute atomic E-state index is 0.721. The molecule has 0 fully saturated rings. The van der Waals surface area contributed by atoms with Gasteiger partial charge in [-0.05, 0) is 24.3 Å². The van der Waals surface area contributed by atoms with Gasteiger partial charge in [-0.25, -0.2) is 0 Å². The molecule has 0 radical (unpaired) electrons. The van der Waals surface area contributed by atoms with Gasteiger partial charge in [0.1, 0.15) is 0 Å². The monoisotopic (exact) mass is 162 g/mol. The second kappa shape index (κ2) is 3.90. The van der Waals surface area contributed by atoms with Crippen LogP contribution >= 0.6 is 0 Å². The summed E-state index contributed by atoms with van der Waals surface area (Å²) in [4.78, 5) is 3.19. The Morgan fingerprint density at radius 2 is 2.33 bits per heavy atom. The summed E-state index contributed by atoms with van der Waals surface area (Å²) in [6, 6.07) is 0. The first-order valence-electron chi connectivity index (χ1n) is 4.05. The van der Waals surface area contributed by atoms with E-state index in [1.54, 1.807) is 0 Å². The summed E-state index contributed by atoms with van der Waals surface area (Å²) < 4.78 is 0. The number of hydrogen-bond acceptors (Lipinski definition) is 1. The van der Waals surface area contributed by atoms with Gasteiger partial charge in [0.25, 0.3) is 0 Å². The van der Waals surface area contributed by atoms with E-state index in [0.29, 0.717) is 0 Å². The second-order valence-corrected chi connectivity index (χ2v) is 2.83. The van der Waals surface area contributed by atoms with E-state index in [-0.39, 0.29) is 0 Å². The predicted octanol–water partition coefficient (Wildman–Crippen LogP) is 2.24. The zero-order valence-corrected chi connectivity index (χ0v) is 7.35. The van der Waals surface area contributed by atoms with Crippen LogP contribution in [0.15, 0.2) is 18.9 Å². The number of allylic oxidation sites excluding steroid dienone is 1. The van der Waals surface area contributed by atoms with Crippen molar-refractivity contribution < 1.29 is 0 Å². The van der Waals surface area contributed by atoms with Crippen LogP contribution in [-0.2, 0) is 12.8 Å². The van der Waals surface area contributed by atoms with Gasteiger partial charge in [0.05, 0.1) is 0 Å². The Balaban J connectivity index is 2.94. The summed E-state index contributed by atoms with van der Waals surface area (Å²) in [5.74, 6) is 0. The summed E-state index contributed by atoms with van der Waals surface area (Å²) >= 11 is 0. The molecule has 0 saturated carbocycles. The van der Waals surface area contributed by atoms with Crippen molar-refractivity contribution in [1.29, 1.82) is 5.41 Å². The summed E-state index contributed by atoms with van der Waals surface area (Å²) in [7, 11) is 0. The van der Waals surface area contributed by atoms with Crippen LogP contribution in [0.1, 0.15) is 16.8 Å². The van der Waals surface area contributed by atoms with Crippen LogP contribution < -0.4 is 0 Å². The highest BCUT2D eigenvalue weighted by Crippen LogP contribution is 2.13. The lowest BCUT2D eigenvalue weighted by atomic mass is 10.1. The highest BCUT2D eigenvalue weighted by atomic mass is 14.7. The normalized spacial score (nSPS) is 9.75.